The van der Waals surface area contributed by atoms with Gasteiger partial charge in [0, 0.05) is 29.2 Å². The standard InChI is InChI=1S/C26H23F3N6O3/c1-3-20(36)32-15(2)24-34-21(22-23(30)31-11-12-35(22)24)16-5-4-6-17(13-16)25(37)33-18-7-9-19(10-8-18)38-14-26(27,28)29/h3-13,15H,1,14H2,2H3,(H2,30,31)(H,32,36)(H,33,37)/t15-/m0/s1. The van der Waals surface area contributed by atoms with Crippen molar-refractivity contribution in [3.63, 3.8) is 0 Å². The number of alkyl halides is 3. The van der Waals surface area contributed by atoms with Crippen molar-refractivity contribution in [3.05, 3.63) is 85.0 Å². The molecule has 2 amide bonds. The first-order chi connectivity index (χ1) is 18.1. The van der Waals surface area contributed by atoms with Crippen LogP contribution in [0.25, 0.3) is 16.8 Å². The second-order valence-electron chi connectivity index (χ2n) is 8.25. The molecule has 0 bridgehead atoms. The Bertz CT molecular complexity index is 1500. The van der Waals surface area contributed by atoms with E-state index in [-0.39, 0.29) is 17.5 Å². The topological polar surface area (TPSA) is 124 Å². The molecule has 4 rings (SSSR count). The van der Waals surface area contributed by atoms with E-state index in [0.29, 0.717) is 33.8 Å². The van der Waals surface area contributed by atoms with Crippen LogP contribution in [0, 0.1) is 0 Å². The Morgan fingerprint density at radius 2 is 1.95 bits per heavy atom. The second-order valence-corrected chi connectivity index (χ2v) is 8.25. The van der Waals surface area contributed by atoms with E-state index >= 15 is 0 Å². The van der Waals surface area contributed by atoms with Crippen molar-refractivity contribution < 1.29 is 27.5 Å². The molecule has 4 aromatic rings. The van der Waals surface area contributed by atoms with E-state index in [0.717, 1.165) is 6.08 Å². The molecule has 38 heavy (non-hydrogen) atoms. The number of hydrogen-bond donors (Lipinski definition) is 3. The molecule has 0 aliphatic rings. The first-order valence-corrected chi connectivity index (χ1v) is 11.3. The van der Waals surface area contributed by atoms with Gasteiger partial charge in [-0.05, 0) is 49.4 Å². The highest BCUT2D eigenvalue weighted by Gasteiger charge is 2.28. The zero-order chi connectivity index (χ0) is 27.4. The fourth-order valence-corrected chi connectivity index (χ4v) is 3.74. The van der Waals surface area contributed by atoms with Crippen LogP contribution >= 0.6 is 0 Å². The van der Waals surface area contributed by atoms with Gasteiger partial charge in [-0.2, -0.15) is 13.2 Å². The third-order valence-electron chi connectivity index (χ3n) is 5.45. The number of ether oxygens (including phenoxy) is 1. The SMILES string of the molecule is C=CC(=O)N[C@@H](C)c1nc(-c2cccc(C(=O)Nc3ccc(OCC(F)(F)F)cc3)c2)c2c(N)nccn12. The first kappa shape index (κ1) is 26.2. The van der Waals surface area contributed by atoms with Crippen LogP contribution in [0.5, 0.6) is 5.75 Å². The predicted molar refractivity (Wildman–Crippen MR) is 136 cm³/mol. The van der Waals surface area contributed by atoms with Gasteiger partial charge in [-0.25, -0.2) is 9.97 Å². The van der Waals surface area contributed by atoms with Crippen LogP contribution in [-0.4, -0.2) is 39.0 Å². The van der Waals surface area contributed by atoms with E-state index in [2.05, 4.69) is 26.9 Å². The number of halogens is 3. The molecular weight excluding hydrogens is 501 g/mol. The number of fused-ring (bicyclic) bond motifs is 1. The number of nitrogens with zero attached hydrogens (tertiary/aromatic N) is 3. The maximum absolute atomic E-state index is 12.9. The van der Waals surface area contributed by atoms with Gasteiger partial charge in [-0.3, -0.25) is 14.0 Å². The Balaban J connectivity index is 1.59. The van der Waals surface area contributed by atoms with Crippen LogP contribution in [0.1, 0.15) is 29.1 Å². The summed E-state index contributed by atoms with van der Waals surface area (Å²) < 4.78 is 43.4. The Hall–Kier alpha value is -4.87. The molecule has 2 aromatic heterocycles. The molecule has 0 radical (unpaired) electrons. The molecule has 12 heteroatoms. The highest BCUT2D eigenvalue weighted by atomic mass is 19.4. The molecule has 9 nitrogen and oxygen atoms in total. The smallest absolute Gasteiger partial charge is 0.422 e. The monoisotopic (exact) mass is 524 g/mol. The summed E-state index contributed by atoms with van der Waals surface area (Å²) in [6.07, 6.45) is -0.0962. The largest absolute Gasteiger partial charge is 0.484 e. The fraction of sp³-hybridized carbons (Fsp3) is 0.154. The number of nitrogens with one attached hydrogen (secondary N) is 2. The number of aromatic nitrogens is 3. The summed E-state index contributed by atoms with van der Waals surface area (Å²) in [7, 11) is 0. The molecule has 0 aliphatic carbocycles. The van der Waals surface area contributed by atoms with Gasteiger partial charge in [0.2, 0.25) is 5.91 Å². The van der Waals surface area contributed by atoms with Crippen LogP contribution in [0.3, 0.4) is 0 Å². The number of nitrogens with two attached hydrogens (primary N) is 1. The van der Waals surface area contributed by atoms with Gasteiger partial charge in [0.1, 0.15) is 28.6 Å². The number of anilines is 2. The lowest BCUT2D eigenvalue weighted by atomic mass is 10.1. The van der Waals surface area contributed by atoms with Gasteiger partial charge in [-0.1, -0.05) is 18.7 Å². The van der Waals surface area contributed by atoms with Gasteiger partial charge in [0.25, 0.3) is 5.91 Å². The normalized spacial score (nSPS) is 12.1. The molecule has 2 heterocycles. The van der Waals surface area contributed by atoms with E-state index in [4.69, 9.17) is 10.7 Å². The number of carbonyl (C=O) groups excluding carboxylic acids is 2. The number of hydrogen-bond acceptors (Lipinski definition) is 6. The van der Waals surface area contributed by atoms with Crippen LogP contribution < -0.4 is 21.1 Å². The van der Waals surface area contributed by atoms with Gasteiger partial charge in [0.15, 0.2) is 6.61 Å². The number of carbonyl (C=O) groups is 2. The summed E-state index contributed by atoms with van der Waals surface area (Å²) in [6, 6.07) is 11.7. The minimum absolute atomic E-state index is 0.0227. The number of imidazole rings is 1. The lowest BCUT2D eigenvalue weighted by molar-refractivity contribution is -0.153. The van der Waals surface area contributed by atoms with Crippen molar-refractivity contribution in [2.24, 2.45) is 0 Å². The zero-order valence-corrected chi connectivity index (χ0v) is 20.1. The quantitative estimate of drug-likeness (QED) is 0.291. The third kappa shape index (κ3) is 5.91. The molecule has 0 unspecified atom stereocenters. The summed E-state index contributed by atoms with van der Waals surface area (Å²) >= 11 is 0. The molecule has 0 spiro atoms. The highest BCUT2D eigenvalue weighted by molar-refractivity contribution is 6.05. The van der Waals surface area contributed by atoms with Gasteiger partial charge in [0.05, 0.1) is 6.04 Å². The Kier molecular flexibility index (Phi) is 7.33. The third-order valence-corrected chi connectivity index (χ3v) is 5.45. The van der Waals surface area contributed by atoms with Crippen molar-refractivity contribution in [2.75, 3.05) is 17.7 Å². The summed E-state index contributed by atoms with van der Waals surface area (Å²) in [6.45, 7) is 3.82. The van der Waals surface area contributed by atoms with E-state index in [1.165, 1.54) is 30.5 Å². The molecule has 196 valence electrons. The summed E-state index contributed by atoms with van der Waals surface area (Å²) in [4.78, 5) is 33.6. The number of benzene rings is 2. The van der Waals surface area contributed by atoms with Gasteiger partial charge in [-0.15, -0.1) is 0 Å². The molecule has 0 saturated carbocycles. The molecule has 2 aromatic carbocycles. The van der Waals surface area contributed by atoms with Gasteiger partial charge >= 0.3 is 6.18 Å². The maximum Gasteiger partial charge on any atom is 0.422 e. The number of amides is 2. The van der Waals surface area contributed by atoms with Crippen molar-refractivity contribution in [1.82, 2.24) is 19.7 Å². The van der Waals surface area contributed by atoms with E-state index in [9.17, 15) is 22.8 Å². The molecule has 4 N–H and O–H groups in total. The second kappa shape index (κ2) is 10.6. The average molecular weight is 525 g/mol. The number of rotatable bonds is 8. The molecular formula is C26H23F3N6O3. The van der Waals surface area contributed by atoms with Crippen molar-refractivity contribution in [3.8, 4) is 17.0 Å². The van der Waals surface area contributed by atoms with E-state index in [1.54, 1.807) is 41.8 Å². The Morgan fingerprint density at radius 1 is 1.21 bits per heavy atom. The first-order valence-electron chi connectivity index (χ1n) is 11.3. The van der Waals surface area contributed by atoms with E-state index < -0.39 is 24.7 Å². The summed E-state index contributed by atoms with van der Waals surface area (Å²) in [5.74, 6) is -0.0728. The Morgan fingerprint density at radius 3 is 2.63 bits per heavy atom. The van der Waals surface area contributed by atoms with Crippen molar-refractivity contribution >= 4 is 28.8 Å². The predicted octanol–water partition coefficient (Wildman–Crippen LogP) is 4.54. The molecule has 0 fully saturated rings. The summed E-state index contributed by atoms with van der Waals surface area (Å²) in [5.41, 5.74) is 8.39. The molecule has 1 atom stereocenters. The van der Waals surface area contributed by atoms with Gasteiger partial charge < -0.3 is 21.1 Å². The fourth-order valence-electron chi connectivity index (χ4n) is 3.74. The van der Waals surface area contributed by atoms with Crippen LogP contribution in [0.4, 0.5) is 24.7 Å². The minimum Gasteiger partial charge on any atom is -0.484 e. The molecule has 0 aliphatic heterocycles. The lowest BCUT2D eigenvalue weighted by Gasteiger charge is -2.11. The van der Waals surface area contributed by atoms with E-state index in [1.807, 2.05) is 0 Å². The lowest BCUT2D eigenvalue weighted by Crippen LogP contribution is -2.26. The maximum atomic E-state index is 12.9. The van der Waals surface area contributed by atoms with Crippen LogP contribution in [0.2, 0.25) is 0 Å². The molecule has 0 saturated heterocycles. The summed E-state index contributed by atoms with van der Waals surface area (Å²) in [5, 5.41) is 5.47. The number of nitrogen functional groups attached to an aromatic ring is 1. The average Bonchev–Trinajstić information content (AvgIpc) is 3.29. The van der Waals surface area contributed by atoms with Crippen LogP contribution in [-0.2, 0) is 4.79 Å². The zero-order valence-electron chi connectivity index (χ0n) is 20.1. The van der Waals surface area contributed by atoms with Crippen LogP contribution in [0.15, 0.2) is 73.6 Å². The minimum atomic E-state index is -4.45. The van der Waals surface area contributed by atoms with Crippen molar-refractivity contribution in [1.29, 1.82) is 0 Å². The Labute approximate surface area is 215 Å². The highest BCUT2D eigenvalue weighted by Crippen LogP contribution is 2.31. The van der Waals surface area contributed by atoms with Crippen molar-refractivity contribution in [2.45, 2.75) is 19.1 Å².